The van der Waals surface area contributed by atoms with Crippen molar-refractivity contribution in [2.75, 3.05) is 0 Å². The van der Waals surface area contributed by atoms with Gasteiger partial charge in [-0.1, -0.05) is 0 Å². The highest BCUT2D eigenvalue weighted by Crippen LogP contribution is 2.46. The molecule has 1 radical (unpaired) electrons. The predicted molar refractivity (Wildman–Crippen MR) is 38.3 cm³/mol. The first kappa shape index (κ1) is 6.41. The van der Waals surface area contributed by atoms with Gasteiger partial charge in [0.25, 0.3) is 0 Å². The number of nitrogens with zero attached hydrogens (tertiary/aromatic N) is 3. The lowest BCUT2D eigenvalue weighted by Crippen LogP contribution is -2.09. The zero-order chi connectivity index (χ0) is 7.73. The van der Waals surface area contributed by atoms with Crippen LogP contribution in [0.2, 0.25) is 0 Å². The summed E-state index contributed by atoms with van der Waals surface area (Å²) in [5.41, 5.74) is -0.0974. The van der Waals surface area contributed by atoms with Crippen molar-refractivity contribution in [3.8, 4) is 6.07 Å². The van der Waals surface area contributed by atoms with Crippen LogP contribution in [0.5, 0.6) is 0 Å². The zero-order valence-electron chi connectivity index (χ0n) is 6.12. The molecule has 3 heteroatoms. The number of nitriles is 1. The van der Waals surface area contributed by atoms with Gasteiger partial charge in [-0.2, -0.15) is 10.4 Å². The van der Waals surface area contributed by atoms with Gasteiger partial charge in [-0.3, -0.25) is 4.68 Å². The molecule has 1 aliphatic rings. The van der Waals surface area contributed by atoms with Gasteiger partial charge in [-0.25, -0.2) is 0 Å². The van der Waals surface area contributed by atoms with Crippen LogP contribution in [0.25, 0.3) is 0 Å². The van der Waals surface area contributed by atoms with Crippen molar-refractivity contribution >= 4 is 0 Å². The summed E-state index contributed by atoms with van der Waals surface area (Å²) in [6, 6.07) is 5.16. The molecule has 0 bridgehead atoms. The first-order valence-electron chi connectivity index (χ1n) is 3.64. The minimum Gasteiger partial charge on any atom is -0.271 e. The molecule has 1 fully saturated rings. The maximum absolute atomic E-state index is 8.75. The first-order valence-corrected chi connectivity index (χ1v) is 3.64. The van der Waals surface area contributed by atoms with Crippen molar-refractivity contribution in [1.29, 1.82) is 5.26 Å². The van der Waals surface area contributed by atoms with Crippen molar-refractivity contribution in [1.82, 2.24) is 9.78 Å². The summed E-state index contributed by atoms with van der Waals surface area (Å²) >= 11 is 0. The number of aromatic nitrogens is 2. The Kier molecular flexibility index (Phi) is 1.22. The van der Waals surface area contributed by atoms with E-state index < -0.39 is 0 Å². The maximum Gasteiger partial charge on any atom is 0.0770 e. The van der Waals surface area contributed by atoms with Crippen molar-refractivity contribution in [2.45, 2.75) is 19.4 Å². The van der Waals surface area contributed by atoms with Gasteiger partial charge in [0.15, 0.2) is 0 Å². The van der Waals surface area contributed by atoms with Crippen LogP contribution in [0, 0.1) is 22.8 Å². The van der Waals surface area contributed by atoms with E-state index in [1.165, 1.54) is 0 Å². The lowest BCUT2D eigenvalue weighted by molar-refractivity contribution is 0.485. The largest absolute Gasteiger partial charge is 0.271 e. The van der Waals surface area contributed by atoms with Gasteiger partial charge < -0.3 is 0 Å². The molecule has 1 aliphatic carbocycles. The molecule has 0 unspecified atom stereocenters. The Hall–Kier alpha value is -1.30. The highest BCUT2D eigenvalue weighted by atomic mass is 15.3. The minimum absolute atomic E-state index is 0.0974. The number of rotatable bonds is 2. The molecule has 0 saturated heterocycles. The van der Waals surface area contributed by atoms with Gasteiger partial charge in [-0.05, 0) is 12.8 Å². The Morgan fingerprint density at radius 1 is 1.73 bits per heavy atom. The van der Waals surface area contributed by atoms with Gasteiger partial charge >= 0.3 is 0 Å². The summed E-state index contributed by atoms with van der Waals surface area (Å²) < 4.78 is 1.77. The van der Waals surface area contributed by atoms with Gasteiger partial charge in [0.05, 0.1) is 24.2 Å². The van der Waals surface area contributed by atoms with Crippen LogP contribution in [0.3, 0.4) is 0 Å². The van der Waals surface area contributed by atoms with E-state index in [4.69, 9.17) is 5.26 Å². The van der Waals surface area contributed by atoms with Crippen molar-refractivity contribution < 1.29 is 0 Å². The molecule has 2 rings (SSSR count). The van der Waals surface area contributed by atoms with E-state index in [0.717, 1.165) is 19.4 Å². The Bertz CT molecular complexity index is 277. The monoisotopic (exact) mass is 146 g/mol. The second-order valence-corrected chi connectivity index (χ2v) is 3.03. The van der Waals surface area contributed by atoms with E-state index in [1.807, 2.05) is 0 Å². The van der Waals surface area contributed by atoms with Crippen LogP contribution in [0.15, 0.2) is 12.4 Å². The van der Waals surface area contributed by atoms with Gasteiger partial charge in [0, 0.05) is 12.3 Å². The molecule has 1 aromatic rings. The summed E-state index contributed by atoms with van der Waals surface area (Å²) in [5.74, 6) is 0. The quantitative estimate of drug-likeness (QED) is 0.624. The second-order valence-electron chi connectivity index (χ2n) is 3.03. The van der Waals surface area contributed by atoms with Gasteiger partial charge in [0.1, 0.15) is 0 Å². The van der Waals surface area contributed by atoms with Crippen LogP contribution in [-0.2, 0) is 6.54 Å². The number of hydrogen-bond donors (Lipinski definition) is 0. The molecule has 0 atom stereocenters. The van der Waals surface area contributed by atoms with Crippen LogP contribution in [0.1, 0.15) is 12.8 Å². The molecular formula is C8H8N3. The molecule has 0 spiro atoms. The molecule has 55 valence electrons. The van der Waals surface area contributed by atoms with Gasteiger partial charge in [-0.15, -0.1) is 0 Å². The molecule has 1 saturated carbocycles. The fourth-order valence-corrected chi connectivity index (χ4v) is 1.11. The normalized spacial score (nSPS) is 19.2. The fraction of sp³-hybridized carbons (Fsp3) is 0.500. The maximum atomic E-state index is 8.75. The summed E-state index contributed by atoms with van der Waals surface area (Å²) in [6.07, 6.45) is 5.43. The third-order valence-electron chi connectivity index (χ3n) is 2.06. The van der Waals surface area contributed by atoms with E-state index in [0.29, 0.717) is 0 Å². The average Bonchev–Trinajstić information content (AvgIpc) is 2.59. The van der Waals surface area contributed by atoms with Gasteiger partial charge in [0.2, 0.25) is 0 Å². The Morgan fingerprint density at radius 2 is 2.55 bits per heavy atom. The standard InChI is InChI=1S/C8H8N3/c9-6-8(2-3-8)7-11-5-1-4-10-11/h4-5H,2-3,7H2. The third-order valence-corrected chi connectivity index (χ3v) is 2.06. The summed E-state index contributed by atoms with van der Waals surface area (Å²) in [6.45, 7) is 0.729. The predicted octanol–water partition coefficient (Wildman–Crippen LogP) is 0.987. The van der Waals surface area contributed by atoms with Crippen molar-refractivity contribution in [3.63, 3.8) is 0 Å². The van der Waals surface area contributed by atoms with E-state index in [2.05, 4.69) is 17.2 Å². The molecule has 0 aromatic carbocycles. The van der Waals surface area contributed by atoms with Crippen molar-refractivity contribution in [3.05, 3.63) is 18.5 Å². The van der Waals surface area contributed by atoms with Crippen LogP contribution < -0.4 is 0 Å². The van der Waals surface area contributed by atoms with Crippen LogP contribution in [-0.4, -0.2) is 9.78 Å². The van der Waals surface area contributed by atoms with E-state index in [9.17, 15) is 0 Å². The molecule has 0 aliphatic heterocycles. The molecule has 1 aromatic heterocycles. The highest BCUT2D eigenvalue weighted by Gasteiger charge is 2.43. The molecule has 0 N–H and O–H groups in total. The highest BCUT2D eigenvalue weighted by molar-refractivity contribution is 5.09. The third kappa shape index (κ3) is 1.12. The van der Waals surface area contributed by atoms with E-state index in [1.54, 1.807) is 17.1 Å². The Morgan fingerprint density at radius 3 is 3.00 bits per heavy atom. The van der Waals surface area contributed by atoms with E-state index in [-0.39, 0.29) is 5.41 Å². The van der Waals surface area contributed by atoms with E-state index >= 15 is 0 Å². The lowest BCUT2D eigenvalue weighted by Gasteiger charge is -2.03. The molecule has 3 nitrogen and oxygen atoms in total. The topological polar surface area (TPSA) is 41.6 Å². The summed E-state index contributed by atoms with van der Waals surface area (Å²) in [5, 5.41) is 12.8. The molecular weight excluding hydrogens is 138 g/mol. The Balaban J connectivity index is 2.08. The average molecular weight is 146 g/mol. The zero-order valence-corrected chi connectivity index (χ0v) is 6.12. The first-order chi connectivity index (χ1) is 5.35. The summed E-state index contributed by atoms with van der Waals surface area (Å²) in [7, 11) is 0. The SMILES string of the molecule is N#CC1(Cn2c[c]cn2)CC1. The fourth-order valence-electron chi connectivity index (χ4n) is 1.11. The van der Waals surface area contributed by atoms with Crippen LogP contribution >= 0.6 is 0 Å². The lowest BCUT2D eigenvalue weighted by atomic mass is 10.1. The molecule has 11 heavy (non-hydrogen) atoms. The minimum atomic E-state index is -0.0974. The molecule has 0 amide bonds. The second kappa shape index (κ2) is 2.09. The molecule has 1 heterocycles. The Labute approximate surface area is 65.3 Å². The smallest absolute Gasteiger partial charge is 0.0770 e. The summed E-state index contributed by atoms with van der Waals surface area (Å²) in [4.78, 5) is 0. The number of hydrogen-bond acceptors (Lipinski definition) is 2. The van der Waals surface area contributed by atoms with Crippen LogP contribution in [0.4, 0.5) is 0 Å². The van der Waals surface area contributed by atoms with Crippen molar-refractivity contribution in [2.24, 2.45) is 5.41 Å².